The van der Waals surface area contributed by atoms with Gasteiger partial charge in [0.05, 0.1) is 6.04 Å². The molecule has 2 aromatic carbocycles. The Morgan fingerprint density at radius 2 is 1.72 bits per heavy atom. The van der Waals surface area contributed by atoms with Crippen molar-refractivity contribution in [2.24, 2.45) is 0 Å². The number of phenolic OH excluding ortho intramolecular Hbond substituents is 1. The normalized spacial score (nSPS) is 18.0. The molecule has 0 unspecified atom stereocenters. The highest BCUT2D eigenvalue weighted by Crippen LogP contribution is 2.28. The van der Waals surface area contributed by atoms with Gasteiger partial charge in [-0.05, 0) is 29.3 Å². The molecule has 3 N–H and O–H groups in total. The highest BCUT2D eigenvalue weighted by Gasteiger charge is 2.25. The molecule has 0 saturated carbocycles. The lowest BCUT2D eigenvalue weighted by atomic mass is 9.93. The number of aromatic hydroxyl groups is 1. The molecule has 1 atom stereocenters. The van der Waals surface area contributed by atoms with Crippen LogP contribution >= 0.6 is 0 Å². The molecule has 0 spiro atoms. The maximum Gasteiger partial charge on any atom is 0.265 e. The summed E-state index contributed by atoms with van der Waals surface area (Å²) >= 11 is 0. The molecule has 0 radical (unpaired) electrons. The topological polar surface area (TPSA) is 61.4 Å². The summed E-state index contributed by atoms with van der Waals surface area (Å²) in [6, 6.07) is 14.3. The first-order valence-corrected chi connectivity index (χ1v) is 5.69. The number of rotatable bonds is 1. The van der Waals surface area contributed by atoms with Gasteiger partial charge in [0.15, 0.2) is 0 Å². The largest absolute Gasteiger partial charge is 0.508 e. The minimum absolute atomic E-state index is 0.0977. The molecule has 1 amide bonds. The van der Waals surface area contributed by atoms with E-state index in [9.17, 15) is 9.90 Å². The third-order valence-corrected chi connectivity index (χ3v) is 3.07. The Morgan fingerprint density at radius 3 is 2.50 bits per heavy atom. The second-order valence-electron chi connectivity index (χ2n) is 4.21. The van der Waals surface area contributed by atoms with Crippen LogP contribution in [0.4, 0.5) is 0 Å². The van der Waals surface area contributed by atoms with E-state index in [-0.39, 0.29) is 17.7 Å². The smallest absolute Gasteiger partial charge is 0.265 e. The van der Waals surface area contributed by atoms with E-state index in [0.29, 0.717) is 5.56 Å². The van der Waals surface area contributed by atoms with Crippen LogP contribution in [0.15, 0.2) is 48.5 Å². The molecule has 18 heavy (non-hydrogen) atoms. The third-order valence-electron chi connectivity index (χ3n) is 3.07. The van der Waals surface area contributed by atoms with Crippen molar-refractivity contribution >= 4 is 5.91 Å². The summed E-state index contributed by atoms with van der Waals surface area (Å²) in [5, 5.41) is 9.30. The second kappa shape index (κ2) is 4.16. The number of carbonyl (C=O) groups excluding carboxylic acids is 1. The summed E-state index contributed by atoms with van der Waals surface area (Å²) in [5.41, 5.74) is 8.23. The lowest BCUT2D eigenvalue weighted by Gasteiger charge is -2.27. The van der Waals surface area contributed by atoms with Gasteiger partial charge in [-0.15, -0.1) is 0 Å². The molecule has 0 aliphatic carbocycles. The monoisotopic (exact) mass is 240 g/mol. The van der Waals surface area contributed by atoms with E-state index in [4.69, 9.17) is 0 Å². The molecular formula is C14H12N2O2. The van der Waals surface area contributed by atoms with E-state index in [2.05, 4.69) is 10.9 Å². The van der Waals surface area contributed by atoms with Gasteiger partial charge in [0.1, 0.15) is 5.75 Å². The number of benzene rings is 2. The fourth-order valence-corrected chi connectivity index (χ4v) is 2.17. The lowest BCUT2D eigenvalue weighted by Crippen LogP contribution is -2.45. The minimum Gasteiger partial charge on any atom is -0.508 e. The van der Waals surface area contributed by atoms with Crippen LogP contribution in [-0.2, 0) is 0 Å². The molecule has 4 heteroatoms. The Hall–Kier alpha value is -2.33. The van der Waals surface area contributed by atoms with Crippen LogP contribution in [0.5, 0.6) is 5.75 Å². The van der Waals surface area contributed by atoms with Gasteiger partial charge in [-0.3, -0.25) is 10.2 Å². The molecule has 2 aromatic rings. The summed E-state index contributed by atoms with van der Waals surface area (Å²) in [5.74, 6) is 0.104. The van der Waals surface area contributed by atoms with E-state index in [1.807, 2.05) is 30.3 Å². The Labute approximate surface area is 104 Å². The molecule has 1 heterocycles. The van der Waals surface area contributed by atoms with Crippen LogP contribution < -0.4 is 10.9 Å². The molecule has 1 aliphatic rings. The standard InChI is InChI=1S/C14H12N2O2/c17-10-7-5-9(6-8-10)13-11-3-1-2-4-12(11)14(18)16-15-13/h1-8,13,15,17H,(H,16,18)/t13-/m0/s1. The van der Waals surface area contributed by atoms with E-state index in [1.54, 1.807) is 18.2 Å². The quantitative estimate of drug-likeness (QED) is 0.711. The predicted octanol–water partition coefficient (Wildman–Crippen LogP) is 1.73. The third kappa shape index (κ3) is 1.72. The van der Waals surface area contributed by atoms with Crippen molar-refractivity contribution in [1.82, 2.24) is 10.9 Å². The number of hydrazine groups is 1. The van der Waals surface area contributed by atoms with Gasteiger partial charge < -0.3 is 5.11 Å². The van der Waals surface area contributed by atoms with E-state index in [1.165, 1.54) is 0 Å². The van der Waals surface area contributed by atoms with Crippen molar-refractivity contribution in [3.05, 3.63) is 65.2 Å². The number of carbonyl (C=O) groups is 1. The number of nitrogens with one attached hydrogen (secondary N) is 2. The maximum atomic E-state index is 11.7. The lowest BCUT2D eigenvalue weighted by molar-refractivity contribution is 0.0913. The SMILES string of the molecule is O=C1NN[C@@H](c2ccc(O)cc2)c2ccccc21. The van der Waals surface area contributed by atoms with Crippen molar-refractivity contribution in [3.8, 4) is 5.75 Å². The molecule has 3 rings (SSSR count). The summed E-state index contributed by atoms with van der Waals surface area (Å²) in [6.07, 6.45) is 0. The molecule has 90 valence electrons. The summed E-state index contributed by atoms with van der Waals surface area (Å²) in [7, 11) is 0. The van der Waals surface area contributed by atoms with Gasteiger partial charge in [0.25, 0.3) is 5.91 Å². The van der Waals surface area contributed by atoms with Gasteiger partial charge in [-0.1, -0.05) is 30.3 Å². The second-order valence-corrected chi connectivity index (χ2v) is 4.21. The van der Waals surface area contributed by atoms with E-state index in [0.717, 1.165) is 11.1 Å². The molecule has 1 aliphatic heterocycles. The van der Waals surface area contributed by atoms with Crippen LogP contribution in [0.2, 0.25) is 0 Å². The van der Waals surface area contributed by atoms with Gasteiger partial charge >= 0.3 is 0 Å². The number of phenols is 1. The molecule has 0 aromatic heterocycles. The van der Waals surface area contributed by atoms with E-state index >= 15 is 0 Å². The minimum atomic E-state index is -0.124. The van der Waals surface area contributed by atoms with Crippen LogP contribution in [0.3, 0.4) is 0 Å². The zero-order valence-electron chi connectivity index (χ0n) is 9.55. The fraction of sp³-hybridized carbons (Fsp3) is 0.0714. The van der Waals surface area contributed by atoms with Crippen molar-refractivity contribution < 1.29 is 9.90 Å². The van der Waals surface area contributed by atoms with Crippen molar-refractivity contribution in [2.75, 3.05) is 0 Å². The zero-order chi connectivity index (χ0) is 12.5. The Morgan fingerprint density at radius 1 is 1.00 bits per heavy atom. The molecule has 4 nitrogen and oxygen atoms in total. The highest BCUT2D eigenvalue weighted by molar-refractivity contribution is 5.96. The Kier molecular flexibility index (Phi) is 2.50. The first-order chi connectivity index (χ1) is 8.75. The molecule has 0 fully saturated rings. The van der Waals surface area contributed by atoms with Gasteiger partial charge in [0.2, 0.25) is 0 Å². The zero-order valence-corrected chi connectivity index (χ0v) is 9.55. The molecule has 0 saturated heterocycles. The Bertz CT molecular complexity index is 593. The number of hydrogen-bond acceptors (Lipinski definition) is 3. The summed E-state index contributed by atoms with van der Waals surface area (Å²) in [6.45, 7) is 0. The average Bonchev–Trinajstić information content (AvgIpc) is 2.41. The van der Waals surface area contributed by atoms with Crippen molar-refractivity contribution in [3.63, 3.8) is 0 Å². The predicted molar refractivity (Wildman–Crippen MR) is 67.0 cm³/mol. The van der Waals surface area contributed by atoms with Crippen LogP contribution in [0.25, 0.3) is 0 Å². The van der Waals surface area contributed by atoms with Gasteiger partial charge in [-0.2, -0.15) is 0 Å². The highest BCUT2D eigenvalue weighted by atomic mass is 16.3. The summed E-state index contributed by atoms with van der Waals surface area (Å²) in [4.78, 5) is 11.7. The summed E-state index contributed by atoms with van der Waals surface area (Å²) < 4.78 is 0. The molecular weight excluding hydrogens is 228 g/mol. The molecule has 0 bridgehead atoms. The van der Waals surface area contributed by atoms with Crippen molar-refractivity contribution in [2.45, 2.75) is 6.04 Å². The maximum absolute atomic E-state index is 11.7. The number of hydrogen-bond donors (Lipinski definition) is 3. The number of amides is 1. The average molecular weight is 240 g/mol. The van der Waals surface area contributed by atoms with Gasteiger partial charge in [-0.25, -0.2) is 5.43 Å². The van der Waals surface area contributed by atoms with Gasteiger partial charge in [0, 0.05) is 5.56 Å². The van der Waals surface area contributed by atoms with Crippen LogP contribution in [0.1, 0.15) is 27.5 Å². The Balaban J connectivity index is 2.07. The van der Waals surface area contributed by atoms with Crippen LogP contribution in [0, 0.1) is 0 Å². The first kappa shape index (κ1) is 10.8. The van der Waals surface area contributed by atoms with Crippen molar-refractivity contribution in [1.29, 1.82) is 0 Å². The van der Waals surface area contributed by atoms with E-state index < -0.39 is 0 Å². The first-order valence-electron chi connectivity index (χ1n) is 5.69. The number of fused-ring (bicyclic) bond motifs is 1. The van der Waals surface area contributed by atoms with Crippen LogP contribution in [-0.4, -0.2) is 11.0 Å². The fourth-order valence-electron chi connectivity index (χ4n) is 2.17.